The maximum atomic E-state index is 12.9. The number of nitrogens with zero attached hydrogens (tertiary/aromatic N) is 3. The van der Waals surface area contributed by atoms with Crippen LogP contribution in [-0.4, -0.2) is 49.4 Å². The van der Waals surface area contributed by atoms with Gasteiger partial charge in [-0.25, -0.2) is 4.98 Å². The van der Waals surface area contributed by atoms with E-state index < -0.39 is 6.10 Å². The van der Waals surface area contributed by atoms with E-state index in [-0.39, 0.29) is 35.8 Å². The third-order valence-corrected chi connectivity index (χ3v) is 5.25. The number of carbonyl (C=O) groups is 1. The van der Waals surface area contributed by atoms with Gasteiger partial charge in [0.25, 0.3) is 5.56 Å². The van der Waals surface area contributed by atoms with Crippen LogP contribution in [0.15, 0.2) is 28.2 Å². The number of thioether (sulfide) groups is 1. The van der Waals surface area contributed by atoms with Gasteiger partial charge in [-0.1, -0.05) is 23.4 Å². The molecule has 2 aromatic rings. The molecule has 0 saturated carbocycles. The van der Waals surface area contributed by atoms with E-state index in [1.807, 2.05) is 32.6 Å². The fourth-order valence-electron chi connectivity index (χ4n) is 3.08. The molecule has 0 saturated heterocycles. The molecule has 1 atom stereocenters. The summed E-state index contributed by atoms with van der Waals surface area (Å²) in [6.07, 6.45) is -0.716. The van der Waals surface area contributed by atoms with Gasteiger partial charge >= 0.3 is 0 Å². The maximum absolute atomic E-state index is 12.9. The molecular formula is C19H26ClN3O3S. The molecule has 0 fully saturated rings. The van der Waals surface area contributed by atoms with Crippen LogP contribution in [0.5, 0.6) is 0 Å². The fourth-order valence-corrected chi connectivity index (χ4v) is 4.13. The predicted octanol–water partition coefficient (Wildman–Crippen LogP) is 3.17. The number of fused-ring (bicyclic) bond motifs is 1. The summed E-state index contributed by atoms with van der Waals surface area (Å²) in [7, 11) is 0. The second kappa shape index (κ2) is 9.08. The molecule has 1 aromatic carbocycles. The van der Waals surface area contributed by atoms with Crippen LogP contribution in [0.25, 0.3) is 10.9 Å². The lowest BCUT2D eigenvalue weighted by Gasteiger charge is -2.30. The minimum absolute atomic E-state index is 0.0194. The van der Waals surface area contributed by atoms with E-state index >= 15 is 0 Å². The van der Waals surface area contributed by atoms with Gasteiger partial charge in [0.15, 0.2) is 5.16 Å². The molecule has 1 amide bonds. The summed E-state index contributed by atoms with van der Waals surface area (Å²) in [4.78, 5) is 31.8. The minimum Gasteiger partial charge on any atom is -0.392 e. The number of rotatable bonds is 7. The number of halogens is 1. The van der Waals surface area contributed by atoms with Crippen molar-refractivity contribution in [2.24, 2.45) is 0 Å². The van der Waals surface area contributed by atoms with Crippen LogP contribution in [0.1, 0.15) is 34.6 Å². The van der Waals surface area contributed by atoms with Crippen LogP contribution in [0.3, 0.4) is 0 Å². The summed E-state index contributed by atoms with van der Waals surface area (Å²) in [5.41, 5.74) is 0.228. The summed E-state index contributed by atoms with van der Waals surface area (Å²) >= 11 is 7.23. The Hall–Kier alpha value is -1.57. The van der Waals surface area contributed by atoms with Crippen LogP contribution in [0.2, 0.25) is 5.02 Å². The number of hydrogen-bond acceptors (Lipinski definition) is 5. The summed E-state index contributed by atoms with van der Waals surface area (Å²) in [6, 6.07) is 5.07. The highest BCUT2D eigenvalue weighted by molar-refractivity contribution is 7.99. The highest BCUT2D eigenvalue weighted by Gasteiger charge is 2.21. The van der Waals surface area contributed by atoms with E-state index in [0.717, 1.165) is 0 Å². The number of carbonyl (C=O) groups excluding carboxylic acids is 1. The molecule has 0 aliphatic heterocycles. The van der Waals surface area contributed by atoms with Crippen molar-refractivity contribution in [3.05, 3.63) is 33.6 Å². The van der Waals surface area contributed by atoms with Gasteiger partial charge in [0, 0.05) is 17.1 Å². The highest BCUT2D eigenvalue weighted by Crippen LogP contribution is 2.22. The molecule has 0 aliphatic rings. The lowest BCUT2D eigenvalue weighted by atomic mass is 10.2. The summed E-state index contributed by atoms with van der Waals surface area (Å²) < 4.78 is 1.42. The van der Waals surface area contributed by atoms with E-state index in [0.29, 0.717) is 21.1 Å². The lowest BCUT2D eigenvalue weighted by Crippen LogP contribution is -2.43. The molecule has 1 heterocycles. The third kappa shape index (κ3) is 5.24. The summed E-state index contributed by atoms with van der Waals surface area (Å²) in [5.74, 6) is 0.142. The Morgan fingerprint density at radius 1 is 1.26 bits per heavy atom. The number of benzene rings is 1. The van der Waals surface area contributed by atoms with Gasteiger partial charge in [-0.2, -0.15) is 0 Å². The van der Waals surface area contributed by atoms with Crippen molar-refractivity contribution in [3.63, 3.8) is 0 Å². The standard InChI is InChI=1S/C19H26ClN3O3S/c1-11(2)23(12(3)4)17(25)10-27-19-21-16-8-14(20)6-7-15(16)18(26)22(19)9-13(5)24/h6-8,11-13,24H,9-10H2,1-5H3/t13-/m0/s1. The quantitative estimate of drug-likeness (QED) is 0.559. The Balaban J connectivity index is 2.40. The van der Waals surface area contributed by atoms with Gasteiger partial charge in [0.05, 0.1) is 29.3 Å². The molecule has 1 N–H and O–H groups in total. The van der Waals surface area contributed by atoms with E-state index in [1.165, 1.54) is 16.3 Å². The molecule has 2 rings (SSSR count). The highest BCUT2D eigenvalue weighted by atomic mass is 35.5. The van der Waals surface area contributed by atoms with Crippen molar-refractivity contribution in [1.29, 1.82) is 0 Å². The van der Waals surface area contributed by atoms with Gasteiger partial charge in [-0.3, -0.25) is 14.2 Å². The zero-order valence-electron chi connectivity index (χ0n) is 16.3. The van der Waals surface area contributed by atoms with Crippen LogP contribution < -0.4 is 5.56 Å². The number of aromatic nitrogens is 2. The average molecular weight is 412 g/mol. The molecule has 1 aromatic heterocycles. The van der Waals surface area contributed by atoms with Gasteiger partial charge in [0.2, 0.25) is 5.91 Å². The maximum Gasteiger partial charge on any atom is 0.262 e. The first-order valence-electron chi connectivity index (χ1n) is 8.94. The number of aliphatic hydroxyl groups is 1. The van der Waals surface area contributed by atoms with Crippen LogP contribution in [0, 0.1) is 0 Å². The van der Waals surface area contributed by atoms with Crippen molar-refractivity contribution in [2.45, 2.75) is 64.5 Å². The van der Waals surface area contributed by atoms with Gasteiger partial charge in [-0.15, -0.1) is 0 Å². The second-order valence-corrected chi connectivity index (χ2v) is 8.48. The summed E-state index contributed by atoms with van der Waals surface area (Å²) in [5, 5.41) is 11.1. The zero-order chi connectivity index (χ0) is 20.3. The molecular weight excluding hydrogens is 386 g/mol. The topological polar surface area (TPSA) is 75.4 Å². The van der Waals surface area contributed by atoms with E-state index in [2.05, 4.69) is 4.98 Å². The van der Waals surface area contributed by atoms with Crippen molar-refractivity contribution in [1.82, 2.24) is 14.5 Å². The Labute approximate surface area is 168 Å². The molecule has 0 radical (unpaired) electrons. The normalized spacial score (nSPS) is 12.8. The molecule has 0 unspecified atom stereocenters. The monoisotopic (exact) mass is 411 g/mol. The van der Waals surface area contributed by atoms with Crippen molar-refractivity contribution in [2.75, 3.05) is 5.75 Å². The Kier molecular flexibility index (Phi) is 7.31. The van der Waals surface area contributed by atoms with Gasteiger partial charge < -0.3 is 10.0 Å². The minimum atomic E-state index is -0.716. The van der Waals surface area contributed by atoms with E-state index in [9.17, 15) is 14.7 Å². The first-order chi connectivity index (χ1) is 12.6. The average Bonchev–Trinajstić information content (AvgIpc) is 2.54. The SMILES string of the molecule is CC(C)N(C(=O)CSc1nc2cc(Cl)ccc2c(=O)n1C[C@H](C)O)C(C)C. The molecule has 6 nitrogen and oxygen atoms in total. The largest absolute Gasteiger partial charge is 0.392 e. The Morgan fingerprint density at radius 2 is 1.89 bits per heavy atom. The Morgan fingerprint density at radius 3 is 2.44 bits per heavy atom. The lowest BCUT2D eigenvalue weighted by molar-refractivity contribution is -0.131. The molecule has 8 heteroatoms. The molecule has 0 spiro atoms. The molecule has 27 heavy (non-hydrogen) atoms. The van der Waals surface area contributed by atoms with Crippen LogP contribution in [-0.2, 0) is 11.3 Å². The van der Waals surface area contributed by atoms with E-state index in [4.69, 9.17) is 11.6 Å². The molecule has 0 bridgehead atoms. The fraction of sp³-hybridized carbons (Fsp3) is 0.526. The summed E-state index contributed by atoms with van der Waals surface area (Å²) in [6.45, 7) is 9.62. The number of aliphatic hydroxyl groups excluding tert-OH is 1. The molecule has 148 valence electrons. The van der Waals surface area contributed by atoms with E-state index in [1.54, 1.807) is 25.1 Å². The Bertz CT molecular complexity index is 872. The number of amides is 1. The van der Waals surface area contributed by atoms with Crippen LogP contribution >= 0.6 is 23.4 Å². The third-order valence-electron chi connectivity index (χ3n) is 4.05. The first-order valence-corrected chi connectivity index (χ1v) is 10.3. The second-order valence-electron chi connectivity index (χ2n) is 7.10. The zero-order valence-corrected chi connectivity index (χ0v) is 17.8. The predicted molar refractivity (Wildman–Crippen MR) is 111 cm³/mol. The van der Waals surface area contributed by atoms with Crippen molar-refractivity contribution >= 4 is 40.2 Å². The van der Waals surface area contributed by atoms with Crippen molar-refractivity contribution in [3.8, 4) is 0 Å². The molecule has 0 aliphatic carbocycles. The first kappa shape index (κ1) is 21.7. The van der Waals surface area contributed by atoms with Crippen LogP contribution in [0.4, 0.5) is 0 Å². The smallest absolute Gasteiger partial charge is 0.262 e. The van der Waals surface area contributed by atoms with Gasteiger partial charge in [0.1, 0.15) is 0 Å². The number of hydrogen-bond donors (Lipinski definition) is 1. The van der Waals surface area contributed by atoms with Gasteiger partial charge in [-0.05, 0) is 52.8 Å². The van der Waals surface area contributed by atoms with Crippen molar-refractivity contribution < 1.29 is 9.90 Å².